The minimum absolute atomic E-state index is 0.0513. The van der Waals surface area contributed by atoms with Gasteiger partial charge in [0, 0.05) is 24.3 Å². The Kier molecular flexibility index (Phi) is 2.65. The number of aromatic nitrogens is 1. The lowest BCUT2D eigenvalue weighted by atomic mass is 10.2. The maximum atomic E-state index is 11.5. The Morgan fingerprint density at radius 3 is 2.92 bits per heavy atom. The molecule has 2 N–H and O–H groups in total. The summed E-state index contributed by atoms with van der Waals surface area (Å²) in [7, 11) is 0. The van der Waals surface area contributed by atoms with E-state index in [0.29, 0.717) is 6.54 Å². The molecule has 0 aliphatic rings. The van der Waals surface area contributed by atoms with Crippen LogP contribution < -0.4 is 11.3 Å². The van der Waals surface area contributed by atoms with E-state index < -0.39 is 0 Å². The predicted octanol–water partition coefficient (Wildman–Crippen LogP) is 0.676. The molecule has 0 saturated carbocycles. The second-order valence-corrected chi connectivity index (χ2v) is 2.99. The van der Waals surface area contributed by atoms with E-state index in [1.807, 2.05) is 26.0 Å². The molecule has 0 fully saturated rings. The number of hydrogen-bond acceptors (Lipinski definition) is 2. The minimum atomic E-state index is 0.0513. The molecule has 0 bridgehead atoms. The standard InChI is InChI=1S/C9H14N2O/c1-7-4-3-5-11(9(7)12)8(2)6-10/h3-5,8H,6,10H2,1-2H3. The third-order valence-electron chi connectivity index (χ3n) is 1.98. The van der Waals surface area contributed by atoms with Crippen LogP contribution in [0, 0.1) is 6.92 Å². The van der Waals surface area contributed by atoms with E-state index >= 15 is 0 Å². The Morgan fingerprint density at radius 1 is 1.67 bits per heavy atom. The number of aryl methyl sites for hydroxylation is 1. The zero-order valence-corrected chi connectivity index (χ0v) is 7.45. The fourth-order valence-corrected chi connectivity index (χ4v) is 1.08. The molecule has 0 spiro atoms. The summed E-state index contributed by atoms with van der Waals surface area (Å²) in [6.45, 7) is 4.23. The van der Waals surface area contributed by atoms with Gasteiger partial charge in [0.15, 0.2) is 0 Å². The Hall–Kier alpha value is -1.09. The summed E-state index contributed by atoms with van der Waals surface area (Å²) in [5.74, 6) is 0. The van der Waals surface area contributed by atoms with Crippen molar-refractivity contribution in [3.63, 3.8) is 0 Å². The average Bonchev–Trinajstić information content (AvgIpc) is 2.08. The van der Waals surface area contributed by atoms with Crippen LogP contribution in [0.2, 0.25) is 0 Å². The predicted molar refractivity (Wildman–Crippen MR) is 49.2 cm³/mol. The van der Waals surface area contributed by atoms with Crippen LogP contribution in [0.1, 0.15) is 18.5 Å². The van der Waals surface area contributed by atoms with Crippen LogP contribution >= 0.6 is 0 Å². The first-order chi connectivity index (χ1) is 5.66. The largest absolute Gasteiger partial charge is 0.328 e. The SMILES string of the molecule is Cc1cccn(C(C)CN)c1=O. The van der Waals surface area contributed by atoms with E-state index in [0.717, 1.165) is 5.56 Å². The van der Waals surface area contributed by atoms with Crippen molar-refractivity contribution in [3.05, 3.63) is 34.2 Å². The molecule has 1 unspecified atom stereocenters. The van der Waals surface area contributed by atoms with Gasteiger partial charge in [-0.25, -0.2) is 0 Å². The molecule has 1 atom stereocenters. The van der Waals surface area contributed by atoms with Gasteiger partial charge in [0.05, 0.1) is 0 Å². The van der Waals surface area contributed by atoms with Crippen molar-refractivity contribution >= 4 is 0 Å². The molecule has 12 heavy (non-hydrogen) atoms. The number of pyridine rings is 1. The van der Waals surface area contributed by atoms with Crippen LogP contribution in [-0.2, 0) is 0 Å². The topological polar surface area (TPSA) is 48.0 Å². The van der Waals surface area contributed by atoms with Gasteiger partial charge in [-0.15, -0.1) is 0 Å². The van der Waals surface area contributed by atoms with Gasteiger partial charge in [-0.3, -0.25) is 4.79 Å². The van der Waals surface area contributed by atoms with E-state index in [9.17, 15) is 4.79 Å². The highest BCUT2D eigenvalue weighted by Gasteiger charge is 2.03. The van der Waals surface area contributed by atoms with Gasteiger partial charge >= 0.3 is 0 Å². The van der Waals surface area contributed by atoms with Crippen molar-refractivity contribution in [2.45, 2.75) is 19.9 Å². The lowest BCUT2D eigenvalue weighted by molar-refractivity contribution is 0.538. The Morgan fingerprint density at radius 2 is 2.33 bits per heavy atom. The Bertz CT molecular complexity index is 317. The normalized spacial score (nSPS) is 12.9. The van der Waals surface area contributed by atoms with Crippen molar-refractivity contribution in [3.8, 4) is 0 Å². The van der Waals surface area contributed by atoms with Crippen molar-refractivity contribution in [2.24, 2.45) is 5.73 Å². The first kappa shape index (κ1) is 9.00. The van der Waals surface area contributed by atoms with E-state index in [-0.39, 0.29) is 11.6 Å². The molecule has 1 aromatic heterocycles. The number of nitrogens with zero attached hydrogens (tertiary/aromatic N) is 1. The molecule has 0 aliphatic heterocycles. The van der Waals surface area contributed by atoms with Crippen molar-refractivity contribution < 1.29 is 0 Å². The minimum Gasteiger partial charge on any atom is -0.328 e. The van der Waals surface area contributed by atoms with Crippen molar-refractivity contribution in [1.29, 1.82) is 0 Å². The van der Waals surface area contributed by atoms with Gasteiger partial charge in [-0.05, 0) is 19.9 Å². The fraction of sp³-hybridized carbons (Fsp3) is 0.444. The highest BCUT2D eigenvalue weighted by atomic mass is 16.1. The fourth-order valence-electron chi connectivity index (χ4n) is 1.08. The molecule has 0 aliphatic carbocycles. The molecule has 0 radical (unpaired) electrons. The zero-order chi connectivity index (χ0) is 9.14. The first-order valence-corrected chi connectivity index (χ1v) is 4.04. The van der Waals surface area contributed by atoms with Crippen LogP contribution in [0.4, 0.5) is 0 Å². The highest BCUT2D eigenvalue weighted by molar-refractivity contribution is 5.08. The molecule has 3 nitrogen and oxygen atoms in total. The molecular formula is C9H14N2O. The van der Waals surface area contributed by atoms with Crippen molar-refractivity contribution in [2.75, 3.05) is 6.54 Å². The number of rotatable bonds is 2. The molecule has 1 heterocycles. The zero-order valence-electron chi connectivity index (χ0n) is 7.45. The summed E-state index contributed by atoms with van der Waals surface area (Å²) in [5.41, 5.74) is 6.28. The molecule has 0 amide bonds. The van der Waals surface area contributed by atoms with Crippen LogP contribution in [0.3, 0.4) is 0 Å². The van der Waals surface area contributed by atoms with Gasteiger partial charge in [0.2, 0.25) is 0 Å². The Labute approximate surface area is 71.8 Å². The lowest BCUT2D eigenvalue weighted by Crippen LogP contribution is -2.28. The summed E-state index contributed by atoms with van der Waals surface area (Å²) >= 11 is 0. The van der Waals surface area contributed by atoms with Crippen LogP contribution in [0.15, 0.2) is 23.1 Å². The molecule has 1 rings (SSSR count). The van der Waals surface area contributed by atoms with Gasteiger partial charge < -0.3 is 10.3 Å². The smallest absolute Gasteiger partial charge is 0.253 e. The molecule has 66 valence electrons. The second-order valence-electron chi connectivity index (χ2n) is 2.99. The van der Waals surface area contributed by atoms with E-state index in [2.05, 4.69) is 0 Å². The maximum absolute atomic E-state index is 11.5. The monoisotopic (exact) mass is 166 g/mol. The summed E-state index contributed by atoms with van der Waals surface area (Å²) in [4.78, 5) is 11.5. The summed E-state index contributed by atoms with van der Waals surface area (Å²) in [6, 6.07) is 3.75. The first-order valence-electron chi connectivity index (χ1n) is 4.04. The van der Waals surface area contributed by atoms with E-state index in [1.165, 1.54) is 0 Å². The highest BCUT2D eigenvalue weighted by Crippen LogP contribution is 1.99. The average molecular weight is 166 g/mol. The quantitative estimate of drug-likeness (QED) is 0.702. The summed E-state index contributed by atoms with van der Waals surface area (Å²) in [6.07, 6.45) is 1.77. The van der Waals surface area contributed by atoms with Crippen LogP contribution in [0.5, 0.6) is 0 Å². The number of hydrogen-bond donors (Lipinski definition) is 1. The van der Waals surface area contributed by atoms with Gasteiger partial charge in [0.1, 0.15) is 0 Å². The molecular weight excluding hydrogens is 152 g/mol. The van der Waals surface area contributed by atoms with Crippen LogP contribution in [0.25, 0.3) is 0 Å². The van der Waals surface area contributed by atoms with Crippen LogP contribution in [-0.4, -0.2) is 11.1 Å². The van der Waals surface area contributed by atoms with Gasteiger partial charge in [0.25, 0.3) is 5.56 Å². The maximum Gasteiger partial charge on any atom is 0.253 e. The van der Waals surface area contributed by atoms with Gasteiger partial charge in [-0.1, -0.05) is 6.07 Å². The van der Waals surface area contributed by atoms with Crippen molar-refractivity contribution in [1.82, 2.24) is 4.57 Å². The molecule has 0 aromatic carbocycles. The summed E-state index contributed by atoms with van der Waals surface area (Å²) < 4.78 is 1.66. The summed E-state index contributed by atoms with van der Waals surface area (Å²) in [5, 5.41) is 0. The molecule has 0 saturated heterocycles. The molecule has 3 heteroatoms. The Balaban J connectivity index is 3.17. The third-order valence-corrected chi connectivity index (χ3v) is 1.98. The van der Waals surface area contributed by atoms with Gasteiger partial charge in [-0.2, -0.15) is 0 Å². The number of nitrogens with two attached hydrogens (primary N) is 1. The van der Waals surface area contributed by atoms with E-state index in [4.69, 9.17) is 5.73 Å². The molecule has 1 aromatic rings. The van der Waals surface area contributed by atoms with E-state index in [1.54, 1.807) is 10.8 Å². The third kappa shape index (κ3) is 1.56. The lowest BCUT2D eigenvalue weighted by Gasteiger charge is -2.12. The second kappa shape index (κ2) is 3.54.